The molecule has 0 fully saturated rings. The van der Waals surface area contributed by atoms with Crippen LogP contribution in [0.25, 0.3) is 11.3 Å². The maximum absolute atomic E-state index is 12.2. The standard InChI is InChI=1S/C20H17Cl2NO3/c1-25-15-5-2-13(3-6-15)10-11-23-20(24)19-9-8-18(26-19)16-7-4-14(21)12-17(16)22/h2-9,12H,10-11H2,1H3,(H,23,24). The molecule has 0 bridgehead atoms. The van der Waals surface area contributed by atoms with Gasteiger partial charge < -0.3 is 14.5 Å². The molecule has 0 radical (unpaired) electrons. The van der Waals surface area contributed by atoms with Gasteiger partial charge in [-0.1, -0.05) is 35.3 Å². The van der Waals surface area contributed by atoms with Crippen LogP contribution in [0.2, 0.25) is 10.0 Å². The molecule has 6 heteroatoms. The fourth-order valence-corrected chi connectivity index (χ4v) is 3.00. The van der Waals surface area contributed by atoms with Crippen LogP contribution in [0.4, 0.5) is 0 Å². The lowest BCUT2D eigenvalue weighted by Gasteiger charge is -2.05. The van der Waals surface area contributed by atoms with Crippen LogP contribution in [0.5, 0.6) is 5.75 Å². The Hall–Kier alpha value is -2.43. The number of hydrogen-bond donors (Lipinski definition) is 1. The largest absolute Gasteiger partial charge is 0.497 e. The zero-order chi connectivity index (χ0) is 18.5. The number of nitrogens with one attached hydrogen (secondary N) is 1. The first-order chi connectivity index (χ1) is 12.6. The maximum atomic E-state index is 12.2. The van der Waals surface area contributed by atoms with Gasteiger partial charge in [0, 0.05) is 17.1 Å². The van der Waals surface area contributed by atoms with Crippen LogP contribution in [0.15, 0.2) is 59.0 Å². The number of carbonyl (C=O) groups is 1. The Balaban J connectivity index is 1.59. The molecule has 26 heavy (non-hydrogen) atoms. The van der Waals surface area contributed by atoms with Crippen LogP contribution in [0.3, 0.4) is 0 Å². The summed E-state index contributed by atoms with van der Waals surface area (Å²) in [6.45, 7) is 0.503. The van der Waals surface area contributed by atoms with Gasteiger partial charge in [-0.15, -0.1) is 0 Å². The molecule has 0 saturated heterocycles. The highest BCUT2D eigenvalue weighted by Gasteiger charge is 2.14. The maximum Gasteiger partial charge on any atom is 0.287 e. The number of benzene rings is 2. The highest BCUT2D eigenvalue weighted by Crippen LogP contribution is 2.31. The van der Waals surface area contributed by atoms with Crippen molar-refractivity contribution in [3.63, 3.8) is 0 Å². The van der Waals surface area contributed by atoms with Crippen LogP contribution in [-0.4, -0.2) is 19.6 Å². The molecule has 0 unspecified atom stereocenters. The molecule has 1 heterocycles. The van der Waals surface area contributed by atoms with Crippen molar-refractivity contribution in [1.82, 2.24) is 5.32 Å². The van der Waals surface area contributed by atoms with Gasteiger partial charge in [0.15, 0.2) is 5.76 Å². The summed E-state index contributed by atoms with van der Waals surface area (Å²) < 4.78 is 10.8. The number of carbonyl (C=O) groups excluding carboxylic acids is 1. The van der Waals surface area contributed by atoms with Crippen LogP contribution in [0.1, 0.15) is 16.1 Å². The third-order valence-corrected chi connectivity index (χ3v) is 4.43. The predicted molar refractivity (Wildman–Crippen MR) is 103 cm³/mol. The Kier molecular flexibility index (Phi) is 5.86. The number of hydrogen-bond acceptors (Lipinski definition) is 3. The van der Waals surface area contributed by atoms with Gasteiger partial charge in [-0.05, 0) is 54.4 Å². The number of furan rings is 1. The van der Waals surface area contributed by atoms with Gasteiger partial charge in [0.25, 0.3) is 5.91 Å². The van der Waals surface area contributed by atoms with Gasteiger partial charge in [0.05, 0.1) is 12.1 Å². The molecule has 1 aromatic heterocycles. The van der Waals surface area contributed by atoms with Crippen LogP contribution in [-0.2, 0) is 6.42 Å². The van der Waals surface area contributed by atoms with Crippen molar-refractivity contribution in [2.45, 2.75) is 6.42 Å². The smallest absolute Gasteiger partial charge is 0.287 e. The highest BCUT2D eigenvalue weighted by molar-refractivity contribution is 6.36. The van der Waals surface area contributed by atoms with Gasteiger partial charge in [0.2, 0.25) is 0 Å². The minimum atomic E-state index is -0.269. The normalized spacial score (nSPS) is 10.6. The first-order valence-electron chi connectivity index (χ1n) is 8.03. The van der Waals surface area contributed by atoms with Crippen LogP contribution < -0.4 is 10.1 Å². The van der Waals surface area contributed by atoms with Gasteiger partial charge in [-0.2, -0.15) is 0 Å². The van der Waals surface area contributed by atoms with Crippen molar-refractivity contribution < 1.29 is 13.9 Å². The molecule has 3 aromatic rings. The highest BCUT2D eigenvalue weighted by atomic mass is 35.5. The van der Waals surface area contributed by atoms with E-state index in [1.54, 1.807) is 37.4 Å². The molecule has 1 amide bonds. The summed E-state index contributed by atoms with van der Waals surface area (Å²) >= 11 is 12.1. The van der Waals surface area contributed by atoms with Gasteiger partial charge >= 0.3 is 0 Å². The number of ether oxygens (including phenoxy) is 1. The Bertz CT molecular complexity index is 904. The fraction of sp³-hybridized carbons (Fsp3) is 0.150. The van der Waals surface area contributed by atoms with E-state index in [1.807, 2.05) is 24.3 Å². The fourth-order valence-electron chi connectivity index (χ4n) is 2.49. The lowest BCUT2D eigenvalue weighted by atomic mass is 10.1. The van der Waals surface area contributed by atoms with E-state index < -0.39 is 0 Å². The summed E-state index contributed by atoms with van der Waals surface area (Å²) in [4.78, 5) is 12.2. The minimum Gasteiger partial charge on any atom is -0.497 e. The summed E-state index contributed by atoms with van der Waals surface area (Å²) in [5, 5.41) is 3.86. The molecule has 1 N–H and O–H groups in total. The van der Waals surface area contributed by atoms with E-state index >= 15 is 0 Å². The third kappa shape index (κ3) is 4.40. The monoisotopic (exact) mass is 389 g/mol. The van der Waals surface area contributed by atoms with Crippen molar-refractivity contribution >= 4 is 29.1 Å². The van der Waals surface area contributed by atoms with Gasteiger partial charge in [-0.25, -0.2) is 0 Å². The van der Waals surface area contributed by atoms with Gasteiger partial charge in [-0.3, -0.25) is 4.79 Å². The van der Waals surface area contributed by atoms with E-state index in [-0.39, 0.29) is 11.7 Å². The van der Waals surface area contributed by atoms with E-state index in [9.17, 15) is 4.79 Å². The summed E-state index contributed by atoms with van der Waals surface area (Å²) in [7, 11) is 1.63. The summed E-state index contributed by atoms with van der Waals surface area (Å²) in [6, 6.07) is 16.2. The van der Waals surface area contributed by atoms with Crippen molar-refractivity contribution in [3.8, 4) is 17.1 Å². The molecular formula is C20H17Cl2NO3. The van der Waals surface area contributed by atoms with E-state index in [1.165, 1.54) is 0 Å². The molecular weight excluding hydrogens is 373 g/mol. The van der Waals surface area contributed by atoms with E-state index in [0.717, 1.165) is 11.3 Å². The molecule has 3 rings (SSSR count). The topological polar surface area (TPSA) is 51.5 Å². The average Bonchev–Trinajstić information content (AvgIpc) is 3.12. The third-order valence-electron chi connectivity index (χ3n) is 3.88. The van der Waals surface area contributed by atoms with Gasteiger partial charge in [0.1, 0.15) is 11.5 Å². The zero-order valence-electron chi connectivity index (χ0n) is 14.1. The first-order valence-corrected chi connectivity index (χ1v) is 8.79. The van der Waals surface area contributed by atoms with Crippen molar-refractivity contribution in [1.29, 1.82) is 0 Å². The van der Waals surface area contributed by atoms with Crippen molar-refractivity contribution in [2.75, 3.05) is 13.7 Å². The summed E-state index contributed by atoms with van der Waals surface area (Å²) in [5.74, 6) is 1.30. The molecule has 2 aromatic carbocycles. The number of amides is 1. The second-order valence-corrected chi connectivity index (χ2v) is 6.49. The quantitative estimate of drug-likeness (QED) is 0.627. The van der Waals surface area contributed by atoms with E-state index in [4.69, 9.17) is 32.4 Å². The second-order valence-electron chi connectivity index (χ2n) is 5.64. The minimum absolute atomic E-state index is 0.237. The first kappa shape index (κ1) is 18.4. The average molecular weight is 390 g/mol. The lowest BCUT2D eigenvalue weighted by Crippen LogP contribution is -2.25. The van der Waals surface area contributed by atoms with E-state index in [0.29, 0.717) is 34.3 Å². The van der Waals surface area contributed by atoms with Crippen LogP contribution in [0, 0.1) is 0 Å². The molecule has 0 saturated carbocycles. The zero-order valence-corrected chi connectivity index (χ0v) is 15.6. The van der Waals surface area contributed by atoms with E-state index in [2.05, 4.69) is 5.32 Å². The Labute approximate surface area is 161 Å². The number of rotatable bonds is 6. The molecule has 134 valence electrons. The molecule has 0 aliphatic heterocycles. The molecule has 4 nitrogen and oxygen atoms in total. The van der Waals surface area contributed by atoms with Crippen LogP contribution >= 0.6 is 23.2 Å². The predicted octanol–water partition coefficient (Wildman–Crippen LogP) is 5.23. The molecule has 0 aliphatic rings. The summed E-state index contributed by atoms with van der Waals surface area (Å²) in [6.07, 6.45) is 0.715. The second kappa shape index (κ2) is 8.30. The Morgan fingerprint density at radius 3 is 2.54 bits per heavy atom. The molecule has 0 atom stereocenters. The Morgan fingerprint density at radius 2 is 1.85 bits per heavy atom. The Morgan fingerprint density at radius 1 is 1.08 bits per heavy atom. The van der Waals surface area contributed by atoms with Crippen molar-refractivity contribution in [2.24, 2.45) is 0 Å². The van der Waals surface area contributed by atoms with Crippen molar-refractivity contribution in [3.05, 3.63) is 76.0 Å². The SMILES string of the molecule is COc1ccc(CCNC(=O)c2ccc(-c3ccc(Cl)cc3Cl)o2)cc1. The molecule has 0 aliphatic carbocycles. The molecule has 0 spiro atoms. The number of methoxy groups -OCH3 is 1. The number of halogens is 2. The summed E-state index contributed by atoms with van der Waals surface area (Å²) in [5.41, 5.74) is 1.80. The lowest BCUT2D eigenvalue weighted by molar-refractivity contribution is 0.0927.